The zero-order chi connectivity index (χ0) is 11.5. The van der Waals surface area contributed by atoms with Gasteiger partial charge in [-0.05, 0) is 53.0 Å². The van der Waals surface area contributed by atoms with Gasteiger partial charge in [-0.25, -0.2) is 9.97 Å². The summed E-state index contributed by atoms with van der Waals surface area (Å²) in [6.45, 7) is 4.23. The molecule has 0 aliphatic rings. The van der Waals surface area contributed by atoms with Crippen molar-refractivity contribution in [2.24, 2.45) is 0 Å². The van der Waals surface area contributed by atoms with E-state index in [1.165, 1.54) is 16.0 Å². The van der Waals surface area contributed by atoms with Crippen molar-refractivity contribution in [3.63, 3.8) is 0 Å². The maximum atomic E-state index is 4.23. The molecule has 4 heteroatoms. The monoisotopic (exact) mass is 294 g/mol. The minimum Gasteiger partial charge on any atom is -0.244 e. The van der Waals surface area contributed by atoms with Crippen LogP contribution in [0.25, 0.3) is 0 Å². The summed E-state index contributed by atoms with van der Waals surface area (Å²) in [5.74, 6) is 0. The third kappa shape index (κ3) is 2.62. The molecule has 1 aromatic carbocycles. The Kier molecular flexibility index (Phi) is 3.61. The van der Waals surface area contributed by atoms with E-state index in [1.807, 2.05) is 0 Å². The van der Waals surface area contributed by atoms with E-state index in [2.05, 4.69) is 57.9 Å². The van der Waals surface area contributed by atoms with Gasteiger partial charge in [-0.1, -0.05) is 17.8 Å². The first-order valence-corrected chi connectivity index (χ1v) is 6.48. The van der Waals surface area contributed by atoms with Crippen molar-refractivity contribution in [3.8, 4) is 0 Å². The third-order valence-corrected chi connectivity index (χ3v) is 4.18. The molecule has 0 radical (unpaired) electrons. The molecule has 0 spiro atoms. The first-order chi connectivity index (χ1) is 7.66. The normalized spacial score (nSPS) is 10.4. The van der Waals surface area contributed by atoms with Crippen molar-refractivity contribution < 1.29 is 0 Å². The number of hydrogen-bond donors (Lipinski definition) is 0. The third-order valence-electron chi connectivity index (χ3n) is 2.33. The Bertz CT molecular complexity index is 514. The van der Waals surface area contributed by atoms with Gasteiger partial charge >= 0.3 is 0 Å². The lowest BCUT2D eigenvalue weighted by atomic mass is 10.1. The fraction of sp³-hybridized carbons (Fsp3) is 0.167. The maximum Gasteiger partial charge on any atom is 0.118 e. The van der Waals surface area contributed by atoms with Crippen LogP contribution in [0.15, 0.2) is 45.1 Å². The number of halogens is 1. The van der Waals surface area contributed by atoms with Crippen molar-refractivity contribution in [3.05, 3.63) is 46.3 Å². The summed E-state index contributed by atoms with van der Waals surface area (Å²) in [4.78, 5) is 9.37. The second-order valence-corrected chi connectivity index (χ2v) is 5.44. The van der Waals surface area contributed by atoms with Crippen LogP contribution < -0.4 is 0 Å². The highest BCUT2D eigenvalue weighted by Gasteiger charge is 2.04. The molecule has 82 valence electrons. The predicted octanol–water partition coefficient (Wildman–Crippen LogP) is 4.01. The molecule has 2 rings (SSSR count). The van der Waals surface area contributed by atoms with Gasteiger partial charge in [0.05, 0.1) is 4.47 Å². The average molecular weight is 295 g/mol. The Morgan fingerprint density at radius 3 is 2.69 bits per heavy atom. The van der Waals surface area contributed by atoms with Gasteiger partial charge in [-0.15, -0.1) is 0 Å². The molecule has 16 heavy (non-hydrogen) atoms. The standard InChI is InChI=1S/C12H11BrN2S/c1-8-3-4-10(5-9(8)2)16-12-11(13)6-14-7-15-12/h3-7H,1-2H3. The van der Waals surface area contributed by atoms with Crippen LogP contribution in [0.3, 0.4) is 0 Å². The molecule has 0 saturated heterocycles. The molecule has 0 aliphatic carbocycles. The molecule has 0 amide bonds. The molecular formula is C12H11BrN2S. The number of nitrogens with zero attached hydrogens (tertiary/aromatic N) is 2. The van der Waals surface area contributed by atoms with Crippen molar-refractivity contribution in [2.75, 3.05) is 0 Å². The SMILES string of the molecule is Cc1ccc(Sc2ncncc2Br)cc1C. The predicted molar refractivity (Wildman–Crippen MR) is 69.8 cm³/mol. The zero-order valence-electron chi connectivity index (χ0n) is 9.07. The number of rotatable bonds is 2. The molecule has 0 unspecified atom stereocenters. The van der Waals surface area contributed by atoms with E-state index in [4.69, 9.17) is 0 Å². The molecule has 0 fully saturated rings. The summed E-state index contributed by atoms with van der Waals surface area (Å²) in [7, 11) is 0. The number of aromatic nitrogens is 2. The van der Waals surface area contributed by atoms with E-state index >= 15 is 0 Å². The summed E-state index contributed by atoms with van der Waals surface area (Å²) in [6, 6.07) is 6.42. The Hall–Kier alpha value is -0.870. The number of aryl methyl sites for hydroxylation is 2. The lowest BCUT2D eigenvalue weighted by Crippen LogP contribution is -1.85. The molecule has 0 atom stereocenters. The van der Waals surface area contributed by atoms with Gasteiger partial charge in [0, 0.05) is 11.1 Å². The van der Waals surface area contributed by atoms with Crippen LogP contribution in [0.1, 0.15) is 11.1 Å². The second kappa shape index (κ2) is 4.97. The summed E-state index contributed by atoms with van der Waals surface area (Å²) in [5, 5.41) is 0.943. The molecule has 0 N–H and O–H groups in total. The zero-order valence-corrected chi connectivity index (χ0v) is 11.5. The second-order valence-electron chi connectivity index (χ2n) is 3.52. The van der Waals surface area contributed by atoms with Crippen molar-refractivity contribution >= 4 is 27.7 Å². The van der Waals surface area contributed by atoms with Gasteiger partial charge < -0.3 is 0 Å². The summed E-state index contributed by atoms with van der Waals surface area (Å²) < 4.78 is 0.929. The van der Waals surface area contributed by atoms with E-state index < -0.39 is 0 Å². The molecule has 1 heterocycles. The maximum absolute atomic E-state index is 4.23. The largest absolute Gasteiger partial charge is 0.244 e. The smallest absolute Gasteiger partial charge is 0.118 e. The van der Waals surface area contributed by atoms with Crippen molar-refractivity contribution in [2.45, 2.75) is 23.8 Å². The van der Waals surface area contributed by atoms with Crippen LogP contribution in [0.2, 0.25) is 0 Å². The highest BCUT2D eigenvalue weighted by molar-refractivity contribution is 9.10. The molecule has 0 aliphatic heterocycles. The van der Waals surface area contributed by atoms with Gasteiger partial charge in [0.2, 0.25) is 0 Å². The topological polar surface area (TPSA) is 25.8 Å². The van der Waals surface area contributed by atoms with Gasteiger partial charge in [-0.2, -0.15) is 0 Å². The van der Waals surface area contributed by atoms with E-state index in [1.54, 1.807) is 24.3 Å². The van der Waals surface area contributed by atoms with Crippen LogP contribution in [0, 0.1) is 13.8 Å². The fourth-order valence-corrected chi connectivity index (χ4v) is 2.57. The molecule has 0 bridgehead atoms. The Balaban J connectivity index is 2.28. The van der Waals surface area contributed by atoms with Gasteiger partial charge in [0.1, 0.15) is 11.4 Å². The highest BCUT2D eigenvalue weighted by atomic mass is 79.9. The van der Waals surface area contributed by atoms with E-state index in [0.29, 0.717) is 0 Å². The molecule has 1 aromatic heterocycles. The minimum atomic E-state index is 0.929. The van der Waals surface area contributed by atoms with Crippen LogP contribution in [-0.2, 0) is 0 Å². The summed E-state index contributed by atoms with van der Waals surface area (Å²) in [5.41, 5.74) is 2.61. The summed E-state index contributed by atoms with van der Waals surface area (Å²) >= 11 is 5.08. The molecule has 2 aromatic rings. The van der Waals surface area contributed by atoms with Crippen LogP contribution >= 0.6 is 27.7 Å². The van der Waals surface area contributed by atoms with Crippen LogP contribution in [-0.4, -0.2) is 9.97 Å². The lowest BCUT2D eigenvalue weighted by Gasteiger charge is -2.05. The van der Waals surface area contributed by atoms with Crippen molar-refractivity contribution in [1.29, 1.82) is 0 Å². The van der Waals surface area contributed by atoms with Gasteiger partial charge in [-0.3, -0.25) is 0 Å². The van der Waals surface area contributed by atoms with Crippen molar-refractivity contribution in [1.82, 2.24) is 9.97 Å². The van der Waals surface area contributed by atoms with Gasteiger partial charge in [0.25, 0.3) is 0 Å². The first-order valence-electron chi connectivity index (χ1n) is 4.87. The van der Waals surface area contributed by atoms with Crippen LogP contribution in [0.4, 0.5) is 0 Å². The minimum absolute atomic E-state index is 0.929. The molecular weight excluding hydrogens is 284 g/mol. The van der Waals surface area contributed by atoms with E-state index in [0.717, 1.165) is 9.50 Å². The average Bonchev–Trinajstić information content (AvgIpc) is 2.27. The number of hydrogen-bond acceptors (Lipinski definition) is 3. The fourth-order valence-electron chi connectivity index (χ4n) is 1.27. The highest BCUT2D eigenvalue weighted by Crippen LogP contribution is 2.31. The Morgan fingerprint density at radius 2 is 2.00 bits per heavy atom. The number of benzene rings is 1. The molecule has 2 nitrogen and oxygen atoms in total. The lowest BCUT2D eigenvalue weighted by molar-refractivity contribution is 1.02. The van der Waals surface area contributed by atoms with Crippen LogP contribution in [0.5, 0.6) is 0 Å². The quantitative estimate of drug-likeness (QED) is 0.783. The molecule has 0 saturated carbocycles. The van der Waals surface area contributed by atoms with E-state index in [-0.39, 0.29) is 0 Å². The Labute approximate surface area is 108 Å². The Morgan fingerprint density at radius 1 is 1.19 bits per heavy atom. The van der Waals surface area contributed by atoms with E-state index in [9.17, 15) is 0 Å². The summed E-state index contributed by atoms with van der Waals surface area (Å²) in [6.07, 6.45) is 3.32. The first kappa shape index (κ1) is 11.6. The van der Waals surface area contributed by atoms with Gasteiger partial charge in [0.15, 0.2) is 0 Å².